The van der Waals surface area contributed by atoms with Crippen LogP contribution in [0.25, 0.3) is 0 Å². The highest BCUT2D eigenvalue weighted by molar-refractivity contribution is 7.80. The van der Waals surface area contributed by atoms with Gasteiger partial charge in [0.1, 0.15) is 11.7 Å². The van der Waals surface area contributed by atoms with Crippen LogP contribution in [0.1, 0.15) is 11.6 Å². The van der Waals surface area contributed by atoms with Gasteiger partial charge in [-0.1, -0.05) is 18.7 Å². The van der Waals surface area contributed by atoms with Crippen molar-refractivity contribution in [1.29, 1.82) is 0 Å². The molecule has 0 aromatic heterocycles. The zero-order chi connectivity index (χ0) is 13.3. The third-order valence-corrected chi connectivity index (χ3v) is 3.03. The Morgan fingerprint density at radius 3 is 2.83 bits per heavy atom. The summed E-state index contributed by atoms with van der Waals surface area (Å²) >= 11 is 5.03. The molecule has 1 amide bonds. The number of thiocarbonyl (C=S) groups is 1. The van der Waals surface area contributed by atoms with Crippen LogP contribution in [-0.2, 0) is 4.79 Å². The molecule has 0 radical (unpaired) electrons. The average molecular weight is 263 g/mol. The fourth-order valence-corrected chi connectivity index (χ4v) is 2.27. The van der Waals surface area contributed by atoms with Gasteiger partial charge in [0.25, 0.3) is 0 Å². The molecule has 18 heavy (non-hydrogen) atoms. The third kappa shape index (κ3) is 2.28. The second-order valence-corrected chi connectivity index (χ2v) is 4.48. The smallest absolute Gasteiger partial charge is 0.228 e. The molecule has 2 rings (SSSR count). The molecule has 1 saturated heterocycles. The van der Waals surface area contributed by atoms with E-state index >= 15 is 0 Å². The van der Waals surface area contributed by atoms with Gasteiger partial charge < -0.3 is 21.5 Å². The number of hydrogen-bond acceptors (Lipinski definition) is 3. The molecule has 1 fully saturated rings. The number of aromatic hydroxyl groups is 1. The van der Waals surface area contributed by atoms with Crippen molar-refractivity contribution in [2.75, 3.05) is 0 Å². The Morgan fingerprint density at radius 1 is 1.50 bits per heavy atom. The third-order valence-electron chi connectivity index (χ3n) is 2.81. The molecule has 0 spiro atoms. The van der Waals surface area contributed by atoms with Crippen LogP contribution in [-0.4, -0.2) is 16.1 Å². The van der Waals surface area contributed by atoms with Crippen LogP contribution in [0.4, 0.5) is 0 Å². The lowest BCUT2D eigenvalue weighted by molar-refractivity contribution is -0.121. The molecule has 0 bridgehead atoms. The number of benzene rings is 1. The summed E-state index contributed by atoms with van der Waals surface area (Å²) in [5.74, 6) is -1.01. The lowest BCUT2D eigenvalue weighted by Gasteiger charge is -2.34. The maximum atomic E-state index is 11.5. The summed E-state index contributed by atoms with van der Waals surface area (Å²) < 4.78 is 0. The lowest BCUT2D eigenvalue weighted by atomic mass is 9.88. The zero-order valence-electron chi connectivity index (χ0n) is 9.51. The highest BCUT2D eigenvalue weighted by Crippen LogP contribution is 2.30. The number of nitrogens with one attached hydrogen (secondary N) is 2. The number of phenols is 1. The van der Waals surface area contributed by atoms with E-state index in [1.165, 1.54) is 0 Å². The first-order chi connectivity index (χ1) is 8.49. The Bertz CT molecular complexity index is 530. The molecule has 1 aromatic rings. The van der Waals surface area contributed by atoms with Gasteiger partial charge in [-0.25, -0.2) is 0 Å². The number of primary amides is 1. The normalized spacial score (nSPS) is 23.1. The van der Waals surface area contributed by atoms with E-state index < -0.39 is 17.9 Å². The molecule has 2 atom stereocenters. The van der Waals surface area contributed by atoms with E-state index in [0.717, 1.165) is 5.56 Å². The van der Waals surface area contributed by atoms with E-state index in [1.54, 1.807) is 24.3 Å². The lowest BCUT2D eigenvalue weighted by Crippen LogP contribution is -2.52. The highest BCUT2D eigenvalue weighted by Gasteiger charge is 2.35. The summed E-state index contributed by atoms with van der Waals surface area (Å²) in [5, 5.41) is 15.6. The predicted octanol–water partition coefficient (Wildman–Crippen LogP) is 0.526. The van der Waals surface area contributed by atoms with Crippen LogP contribution in [0.2, 0.25) is 0 Å². The Labute approximate surface area is 110 Å². The molecular weight excluding hydrogens is 250 g/mol. The van der Waals surface area contributed by atoms with Gasteiger partial charge in [0, 0.05) is 5.70 Å². The quantitative estimate of drug-likeness (QED) is 0.585. The topological polar surface area (TPSA) is 87.4 Å². The molecule has 1 aromatic carbocycles. The maximum absolute atomic E-state index is 11.5. The first kappa shape index (κ1) is 12.4. The van der Waals surface area contributed by atoms with E-state index in [9.17, 15) is 9.90 Å². The first-order valence-electron chi connectivity index (χ1n) is 5.33. The Hall–Kier alpha value is -2.08. The Morgan fingerprint density at radius 2 is 2.22 bits per heavy atom. The number of amides is 1. The number of phenolic OH excluding ortho intramolecular Hbond substituents is 1. The molecule has 5 nitrogen and oxygen atoms in total. The van der Waals surface area contributed by atoms with E-state index in [1.807, 2.05) is 0 Å². The monoisotopic (exact) mass is 263 g/mol. The fourth-order valence-electron chi connectivity index (χ4n) is 2.02. The molecule has 2 unspecified atom stereocenters. The molecule has 6 heteroatoms. The summed E-state index contributed by atoms with van der Waals surface area (Å²) in [6.07, 6.45) is 0. The largest absolute Gasteiger partial charge is 0.508 e. The van der Waals surface area contributed by atoms with Gasteiger partial charge in [-0.15, -0.1) is 0 Å². The fraction of sp³-hybridized carbons (Fsp3) is 0.167. The summed E-state index contributed by atoms with van der Waals surface area (Å²) in [4.78, 5) is 11.5. The number of carbonyl (C=O) groups is 1. The van der Waals surface area contributed by atoms with Crippen molar-refractivity contribution in [2.45, 2.75) is 6.04 Å². The van der Waals surface area contributed by atoms with Gasteiger partial charge in [-0.2, -0.15) is 0 Å². The second-order valence-electron chi connectivity index (χ2n) is 4.08. The molecule has 94 valence electrons. The van der Waals surface area contributed by atoms with Crippen LogP contribution >= 0.6 is 12.2 Å². The molecule has 1 heterocycles. The standard InChI is InChI=1S/C12H13N3O2S/c1-6-9(11(13)17)10(15-12(18)14-6)7-3-2-4-8(16)5-7/h2-5,9-10,16H,1H2,(H2,13,17)(H2,14,15,18). The minimum absolute atomic E-state index is 0.118. The van der Waals surface area contributed by atoms with Gasteiger partial charge in [0.15, 0.2) is 5.11 Å². The van der Waals surface area contributed by atoms with Crippen molar-refractivity contribution in [2.24, 2.45) is 11.7 Å². The number of carbonyl (C=O) groups excluding carboxylic acids is 1. The molecule has 1 aliphatic rings. The minimum Gasteiger partial charge on any atom is -0.508 e. The van der Waals surface area contributed by atoms with Crippen LogP contribution in [0.15, 0.2) is 36.5 Å². The number of hydrogen-bond donors (Lipinski definition) is 4. The van der Waals surface area contributed by atoms with Crippen molar-refractivity contribution in [3.8, 4) is 5.75 Å². The highest BCUT2D eigenvalue weighted by atomic mass is 32.1. The predicted molar refractivity (Wildman–Crippen MR) is 71.5 cm³/mol. The first-order valence-corrected chi connectivity index (χ1v) is 5.74. The van der Waals surface area contributed by atoms with Gasteiger partial charge in [0.05, 0.1) is 6.04 Å². The molecular formula is C12H13N3O2S. The van der Waals surface area contributed by atoms with Gasteiger partial charge in [-0.05, 0) is 29.9 Å². The number of rotatable bonds is 2. The number of nitrogens with two attached hydrogens (primary N) is 1. The van der Waals surface area contributed by atoms with Gasteiger partial charge in [0.2, 0.25) is 5.91 Å². The van der Waals surface area contributed by atoms with E-state index in [2.05, 4.69) is 17.2 Å². The second kappa shape index (κ2) is 4.66. The maximum Gasteiger partial charge on any atom is 0.228 e. The zero-order valence-corrected chi connectivity index (χ0v) is 10.3. The SMILES string of the molecule is C=C1NC(=S)NC(c2cccc(O)c2)C1C(N)=O. The summed E-state index contributed by atoms with van der Waals surface area (Å²) in [7, 11) is 0. The summed E-state index contributed by atoms with van der Waals surface area (Å²) in [6, 6.07) is 6.18. The van der Waals surface area contributed by atoms with Crippen molar-refractivity contribution < 1.29 is 9.90 Å². The molecule has 0 aliphatic carbocycles. The summed E-state index contributed by atoms with van der Waals surface area (Å²) in [6.45, 7) is 3.76. The van der Waals surface area contributed by atoms with Crippen molar-refractivity contribution >= 4 is 23.2 Å². The van der Waals surface area contributed by atoms with E-state index in [4.69, 9.17) is 18.0 Å². The van der Waals surface area contributed by atoms with Crippen molar-refractivity contribution in [1.82, 2.24) is 10.6 Å². The Balaban J connectivity index is 2.41. The van der Waals surface area contributed by atoms with Crippen LogP contribution in [0, 0.1) is 5.92 Å². The average Bonchev–Trinajstić information content (AvgIpc) is 2.27. The van der Waals surface area contributed by atoms with Gasteiger partial charge in [-0.3, -0.25) is 4.79 Å². The van der Waals surface area contributed by atoms with Gasteiger partial charge >= 0.3 is 0 Å². The van der Waals surface area contributed by atoms with Crippen molar-refractivity contribution in [3.63, 3.8) is 0 Å². The molecule has 5 N–H and O–H groups in total. The van der Waals surface area contributed by atoms with Crippen LogP contribution in [0.5, 0.6) is 5.75 Å². The molecule has 1 aliphatic heterocycles. The van der Waals surface area contributed by atoms with Crippen LogP contribution < -0.4 is 16.4 Å². The van der Waals surface area contributed by atoms with Crippen molar-refractivity contribution in [3.05, 3.63) is 42.1 Å². The Kier molecular flexibility index (Phi) is 3.20. The minimum atomic E-state index is -0.626. The molecule has 0 saturated carbocycles. The van der Waals surface area contributed by atoms with E-state index in [0.29, 0.717) is 10.8 Å². The van der Waals surface area contributed by atoms with Crippen LogP contribution in [0.3, 0.4) is 0 Å². The van der Waals surface area contributed by atoms with E-state index in [-0.39, 0.29) is 5.75 Å². The summed E-state index contributed by atoms with van der Waals surface area (Å²) in [5.41, 5.74) is 6.57.